The van der Waals surface area contributed by atoms with E-state index in [0.717, 1.165) is 42.7 Å². The minimum absolute atomic E-state index is 0.390. The molecule has 3 aromatic carbocycles. The van der Waals surface area contributed by atoms with Crippen LogP contribution in [0.1, 0.15) is 36.8 Å². The molecule has 0 aromatic heterocycles. The third-order valence-electron chi connectivity index (χ3n) is 8.33. The average molecular weight is 490 g/mol. The lowest BCUT2D eigenvalue weighted by Crippen LogP contribution is -2.48. The molecule has 2 fully saturated rings. The van der Waals surface area contributed by atoms with Crippen molar-refractivity contribution < 1.29 is 8.42 Å². The van der Waals surface area contributed by atoms with Crippen molar-refractivity contribution in [3.8, 4) is 0 Å². The topological polar surface area (TPSA) is 43.9 Å². The van der Waals surface area contributed by atoms with Crippen molar-refractivity contribution in [1.82, 2.24) is 9.21 Å². The number of hydrogen-bond acceptors (Lipinski definition) is 4. The number of fused-ring (bicyclic) bond motifs is 2. The summed E-state index contributed by atoms with van der Waals surface area (Å²) < 4.78 is 28.3. The zero-order valence-corrected chi connectivity index (χ0v) is 21.2. The Labute approximate surface area is 209 Å². The van der Waals surface area contributed by atoms with Crippen LogP contribution in [0, 0.1) is 0 Å². The van der Waals surface area contributed by atoms with E-state index in [1.165, 1.54) is 55.6 Å². The van der Waals surface area contributed by atoms with Crippen molar-refractivity contribution in [3.05, 3.63) is 71.8 Å². The Bertz CT molecular complexity index is 1310. The van der Waals surface area contributed by atoms with Gasteiger partial charge in [0.2, 0.25) is 10.0 Å². The van der Waals surface area contributed by atoms with Crippen LogP contribution in [0.15, 0.2) is 65.6 Å². The summed E-state index contributed by atoms with van der Waals surface area (Å²) in [6.45, 7) is 4.82. The maximum atomic E-state index is 13.3. The molecular formula is C29H35N3O2S. The summed E-state index contributed by atoms with van der Waals surface area (Å²) in [4.78, 5) is 5.47. The van der Waals surface area contributed by atoms with Gasteiger partial charge in [-0.05, 0) is 71.8 Å². The van der Waals surface area contributed by atoms with Gasteiger partial charge in [0.05, 0.1) is 4.90 Å². The van der Waals surface area contributed by atoms with E-state index in [9.17, 15) is 8.42 Å². The number of anilines is 1. The Morgan fingerprint density at radius 3 is 2.17 bits per heavy atom. The molecule has 0 N–H and O–H groups in total. The number of hydrogen-bond donors (Lipinski definition) is 0. The van der Waals surface area contributed by atoms with Crippen molar-refractivity contribution in [3.63, 3.8) is 0 Å². The lowest BCUT2D eigenvalue weighted by Gasteiger charge is -2.35. The van der Waals surface area contributed by atoms with Crippen LogP contribution in [0.25, 0.3) is 10.8 Å². The van der Waals surface area contributed by atoms with Crippen LogP contribution in [0.2, 0.25) is 0 Å². The van der Waals surface area contributed by atoms with Gasteiger partial charge in [-0.15, -0.1) is 0 Å². The molecule has 0 amide bonds. The second kappa shape index (κ2) is 9.57. The fraction of sp³-hybridized carbons (Fsp3) is 0.448. The highest BCUT2D eigenvalue weighted by molar-refractivity contribution is 7.89. The fourth-order valence-electron chi connectivity index (χ4n) is 6.22. The third-order valence-corrected chi connectivity index (χ3v) is 10.2. The second-order valence-corrected chi connectivity index (χ2v) is 12.3. The van der Waals surface area contributed by atoms with E-state index in [0.29, 0.717) is 18.0 Å². The van der Waals surface area contributed by atoms with Crippen LogP contribution in [0.3, 0.4) is 0 Å². The van der Waals surface area contributed by atoms with E-state index in [4.69, 9.17) is 0 Å². The van der Waals surface area contributed by atoms with Gasteiger partial charge in [-0.2, -0.15) is 4.31 Å². The fourth-order valence-corrected chi connectivity index (χ4v) is 7.68. The van der Waals surface area contributed by atoms with E-state index in [2.05, 4.69) is 28.0 Å². The third kappa shape index (κ3) is 4.59. The minimum Gasteiger partial charge on any atom is -0.369 e. The first-order chi connectivity index (χ1) is 17.1. The minimum atomic E-state index is -3.49. The number of benzene rings is 3. The Kier molecular flexibility index (Phi) is 6.29. The summed E-state index contributed by atoms with van der Waals surface area (Å²) in [5.74, 6) is 0. The van der Waals surface area contributed by atoms with E-state index in [1.54, 1.807) is 16.4 Å². The van der Waals surface area contributed by atoms with Crippen LogP contribution >= 0.6 is 0 Å². The molecule has 3 aliphatic rings. The zero-order chi connectivity index (χ0) is 23.8. The number of piperazine rings is 1. The lowest BCUT2D eigenvalue weighted by atomic mass is 10.0. The Hall–Kier alpha value is -2.41. The van der Waals surface area contributed by atoms with Crippen LogP contribution in [0.4, 0.5) is 5.69 Å². The molecule has 184 valence electrons. The quantitative estimate of drug-likeness (QED) is 0.533. The van der Waals surface area contributed by atoms with Gasteiger partial charge < -0.3 is 4.90 Å². The molecule has 3 aromatic rings. The summed E-state index contributed by atoms with van der Waals surface area (Å²) in [5.41, 5.74) is 4.21. The molecule has 5 nitrogen and oxygen atoms in total. The number of rotatable bonds is 4. The standard InChI is InChI=1S/C29H35N3O2S/c33-35(34,29-12-10-23-5-1-2-6-25(23)22-29)32-19-17-31(18-20-32)28-11-9-24-13-15-30(16-14-26(24)21-28)27-7-3-4-8-27/h1-2,5-6,9-12,21-22,27H,3-4,7-8,13-20H2. The summed E-state index contributed by atoms with van der Waals surface area (Å²) in [6, 6.07) is 21.1. The molecule has 0 radical (unpaired) electrons. The van der Waals surface area contributed by atoms with Crippen molar-refractivity contribution >= 4 is 26.5 Å². The summed E-state index contributed by atoms with van der Waals surface area (Å²) in [7, 11) is -3.49. The molecule has 35 heavy (non-hydrogen) atoms. The second-order valence-electron chi connectivity index (χ2n) is 10.3. The predicted molar refractivity (Wildman–Crippen MR) is 143 cm³/mol. The summed E-state index contributed by atoms with van der Waals surface area (Å²) >= 11 is 0. The van der Waals surface area contributed by atoms with E-state index in [1.807, 2.05) is 30.3 Å². The van der Waals surface area contributed by atoms with E-state index >= 15 is 0 Å². The summed E-state index contributed by atoms with van der Waals surface area (Å²) in [5, 5.41) is 2.02. The largest absolute Gasteiger partial charge is 0.369 e. The van der Waals surface area contributed by atoms with Gasteiger partial charge in [0.1, 0.15) is 0 Å². The number of sulfonamides is 1. The van der Waals surface area contributed by atoms with Crippen LogP contribution in [0.5, 0.6) is 0 Å². The zero-order valence-electron chi connectivity index (χ0n) is 20.4. The molecular weight excluding hydrogens is 454 g/mol. The molecule has 2 heterocycles. The number of nitrogens with zero attached hydrogens (tertiary/aromatic N) is 3. The molecule has 0 spiro atoms. The van der Waals surface area contributed by atoms with E-state index < -0.39 is 10.0 Å². The Morgan fingerprint density at radius 2 is 1.40 bits per heavy atom. The normalized spacial score (nSPS) is 20.7. The average Bonchev–Trinajstić information content (AvgIpc) is 3.35. The lowest BCUT2D eigenvalue weighted by molar-refractivity contribution is 0.208. The first-order valence-corrected chi connectivity index (χ1v) is 14.6. The Balaban J connectivity index is 1.13. The molecule has 6 rings (SSSR count). The van der Waals surface area contributed by atoms with Gasteiger partial charge in [-0.3, -0.25) is 4.90 Å². The van der Waals surface area contributed by atoms with Crippen LogP contribution in [-0.4, -0.2) is 62.9 Å². The SMILES string of the molecule is O=S(=O)(c1ccc2ccccc2c1)N1CCN(c2ccc3c(c2)CCN(C2CCCC2)CC3)CC1. The Morgan fingerprint density at radius 1 is 0.686 bits per heavy atom. The van der Waals surface area contributed by atoms with Gasteiger partial charge in [-0.25, -0.2) is 8.42 Å². The monoisotopic (exact) mass is 489 g/mol. The van der Waals surface area contributed by atoms with E-state index in [-0.39, 0.29) is 0 Å². The molecule has 1 aliphatic carbocycles. The smallest absolute Gasteiger partial charge is 0.243 e. The maximum absolute atomic E-state index is 13.3. The highest BCUT2D eigenvalue weighted by atomic mass is 32.2. The molecule has 0 unspecified atom stereocenters. The maximum Gasteiger partial charge on any atom is 0.243 e. The van der Waals surface area contributed by atoms with Crippen LogP contribution in [-0.2, 0) is 22.9 Å². The van der Waals surface area contributed by atoms with Gasteiger partial charge in [-0.1, -0.05) is 49.2 Å². The molecule has 6 heteroatoms. The van der Waals surface area contributed by atoms with Crippen molar-refractivity contribution in [2.45, 2.75) is 49.5 Å². The first kappa shape index (κ1) is 23.0. The van der Waals surface area contributed by atoms with Crippen molar-refractivity contribution in [2.75, 3.05) is 44.2 Å². The highest BCUT2D eigenvalue weighted by Crippen LogP contribution is 2.29. The molecule has 1 saturated heterocycles. The predicted octanol–water partition coefficient (Wildman–Crippen LogP) is 4.69. The summed E-state index contributed by atoms with van der Waals surface area (Å²) in [6.07, 6.45) is 7.78. The van der Waals surface area contributed by atoms with Crippen LogP contribution < -0.4 is 4.90 Å². The molecule has 1 saturated carbocycles. The van der Waals surface area contributed by atoms with Gasteiger partial charge >= 0.3 is 0 Å². The van der Waals surface area contributed by atoms with Crippen molar-refractivity contribution in [1.29, 1.82) is 0 Å². The highest BCUT2D eigenvalue weighted by Gasteiger charge is 2.29. The van der Waals surface area contributed by atoms with Gasteiger partial charge in [0.25, 0.3) is 0 Å². The molecule has 0 bridgehead atoms. The van der Waals surface area contributed by atoms with Crippen molar-refractivity contribution in [2.24, 2.45) is 0 Å². The van der Waals surface area contributed by atoms with Gasteiger partial charge in [0, 0.05) is 51.0 Å². The first-order valence-electron chi connectivity index (χ1n) is 13.2. The molecule has 0 atom stereocenters. The molecule has 2 aliphatic heterocycles. The van der Waals surface area contributed by atoms with Gasteiger partial charge in [0.15, 0.2) is 0 Å².